The van der Waals surface area contributed by atoms with Gasteiger partial charge in [0.25, 0.3) is 5.91 Å². The van der Waals surface area contributed by atoms with Crippen LogP contribution in [0.3, 0.4) is 0 Å². The third kappa shape index (κ3) is 5.45. The lowest BCUT2D eigenvalue weighted by Gasteiger charge is -2.43. The molecule has 1 aromatic heterocycles. The second-order valence-electron chi connectivity index (χ2n) is 12.5. The molecule has 15 heteroatoms. The molecule has 3 fully saturated rings. The lowest BCUT2D eigenvalue weighted by molar-refractivity contribution is -0.137. The highest BCUT2D eigenvalue weighted by Gasteiger charge is 2.70. The molecule has 1 saturated heterocycles. The first-order valence-electron chi connectivity index (χ1n) is 15.3. The van der Waals surface area contributed by atoms with E-state index in [2.05, 4.69) is 10.3 Å². The van der Waals surface area contributed by atoms with Crippen molar-refractivity contribution in [2.45, 2.75) is 28.8 Å². The van der Waals surface area contributed by atoms with Gasteiger partial charge in [-0.2, -0.15) is 13.2 Å². The molecule has 8 nitrogen and oxygen atoms in total. The molecule has 6 unspecified atom stereocenters. The molecule has 252 valence electrons. The summed E-state index contributed by atoms with van der Waals surface area (Å²) < 4.78 is 46.8. The Morgan fingerprint density at radius 2 is 1.67 bits per heavy atom. The molecular formula is C34H24Cl2F3N3O5S2. The third-order valence-corrected chi connectivity index (χ3v) is 13.0. The Bertz CT molecular complexity index is 2090. The van der Waals surface area contributed by atoms with E-state index in [0.717, 1.165) is 33.2 Å². The van der Waals surface area contributed by atoms with Crippen LogP contribution >= 0.6 is 46.3 Å². The molecule has 2 aliphatic carbocycles. The van der Waals surface area contributed by atoms with Gasteiger partial charge in [0.15, 0.2) is 6.61 Å². The number of aromatic amines is 1. The summed E-state index contributed by atoms with van der Waals surface area (Å²) in [5, 5.41) is 4.15. The van der Waals surface area contributed by atoms with E-state index < -0.39 is 47.2 Å². The van der Waals surface area contributed by atoms with Crippen LogP contribution in [-0.2, 0) is 20.6 Å². The number of nitrogens with zero attached hydrogens (tertiary/aromatic N) is 1. The van der Waals surface area contributed by atoms with E-state index in [1.165, 1.54) is 23.9 Å². The van der Waals surface area contributed by atoms with E-state index in [9.17, 15) is 32.3 Å². The van der Waals surface area contributed by atoms with E-state index in [-0.39, 0.29) is 40.2 Å². The zero-order valence-electron chi connectivity index (χ0n) is 25.0. The van der Waals surface area contributed by atoms with Crippen molar-refractivity contribution in [2.24, 2.45) is 29.6 Å². The van der Waals surface area contributed by atoms with Crippen LogP contribution in [-0.4, -0.2) is 34.6 Å². The zero-order valence-corrected chi connectivity index (χ0v) is 28.1. The van der Waals surface area contributed by atoms with Crippen molar-refractivity contribution in [1.82, 2.24) is 4.98 Å². The number of fused-ring (bicyclic) bond motifs is 9. The van der Waals surface area contributed by atoms with Gasteiger partial charge >= 0.3 is 11.0 Å². The molecule has 0 spiro atoms. The van der Waals surface area contributed by atoms with Crippen molar-refractivity contribution in [1.29, 1.82) is 0 Å². The normalized spacial score (nSPS) is 26.8. The molecule has 0 radical (unpaired) electrons. The van der Waals surface area contributed by atoms with E-state index >= 15 is 0 Å². The summed E-state index contributed by atoms with van der Waals surface area (Å²) in [4.78, 5) is 57.9. The van der Waals surface area contributed by atoms with E-state index in [4.69, 9.17) is 27.9 Å². The SMILES string of the molecule is O=C(COc1ccc(Cl)cc1[C@H]1c2sc(=O)[nH]c2SC2C3CC(C4C(=O)N(c5cccc(C(F)(F)F)c5)C(=O)C34)C21)Nc1ccc(Cl)cc1. The van der Waals surface area contributed by atoms with Gasteiger partial charge in [-0.25, -0.2) is 0 Å². The maximum absolute atomic E-state index is 14.0. The van der Waals surface area contributed by atoms with Crippen molar-refractivity contribution in [3.63, 3.8) is 0 Å². The van der Waals surface area contributed by atoms with Crippen LogP contribution < -0.4 is 19.8 Å². The molecule has 3 heterocycles. The topological polar surface area (TPSA) is 109 Å². The molecule has 49 heavy (non-hydrogen) atoms. The molecule has 4 aromatic rings. The predicted molar refractivity (Wildman–Crippen MR) is 179 cm³/mol. The van der Waals surface area contributed by atoms with Crippen LogP contribution in [0.4, 0.5) is 24.5 Å². The molecule has 3 amide bonds. The highest BCUT2D eigenvalue weighted by Crippen LogP contribution is 2.69. The largest absolute Gasteiger partial charge is 0.483 e. The second kappa shape index (κ2) is 11.9. The van der Waals surface area contributed by atoms with E-state index in [1.54, 1.807) is 42.5 Å². The van der Waals surface area contributed by atoms with Crippen molar-refractivity contribution in [3.8, 4) is 5.75 Å². The van der Waals surface area contributed by atoms with Gasteiger partial charge in [0.2, 0.25) is 11.8 Å². The van der Waals surface area contributed by atoms with Crippen LogP contribution in [0.1, 0.15) is 28.3 Å². The first-order valence-corrected chi connectivity index (χ1v) is 17.8. The summed E-state index contributed by atoms with van der Waals surface area (Å²) in [5.74, 6) is -3.77. The summed E-state index contributed by atoms with van der Waals surface area (Å²) >= 11 is 15.0. The van der Waals surface area contributed by atoms with Gasteiger partial charge < -0.3 is 15.0 Å². The number of H-pyrrole nitrogens is 1. The Hall–Kier alpha value is -3.78. The maximum atomic E-state index is 14.0. The smallest absolute Gasteiger partial charge is 0.416 e. The van der Waals surface area contributed by atoms with E-state index in [0.29, 0.717) is 38.5 Å². The monoisotopic (exact) mass is 745 g/mol. The van der Waals surface area contributed by atoms with Gasteiger partial charge in [0, 0.05) is 37.3 Å². The molecule has 2 aliphatic heterocycles. The first-order chi connectivity index (χ1) is 23.4. The third-order valence-electron chi connectivity index (χ3n) is 9.95. The Labute approximate surface area is 294 Å². The van der Waals surface area contributed by atoms with Gasteiger partial charge in [-0.3, -0.25) is 24.1 Å². The van der Waals surface area contributed by atoms with Crippen LogP contribution in [0.5, 0.6) is 5.75 Å². The number of nitrogens with one attached hydrogen (secondary N) is 2. The van der Waals surface area contributed by atoms with Gasteiger partial charge in [0.05, 0.1) is 28.1 Å². The number of hydrogen-bond donors (Lipinski definition) is 2. The molecule has 8 rings (SSSR count). The maximum Gasteiger partial charge on any atom is 0.416 e. The number of imide groups is 1. The van der Waals surface area contributed by atoms with Crippen molar-refractivity contribution >= 4 is 75.4 Å². The summed E-state index contributed by atoms with van der Waals surface area (Å²) in [6, 6.07) is 15.9. The number of benzene rings is 3. The number of carbonyl (C=O) groups is 3. The number of halogens is 5. The summed E-state index contributed by atoms with van der Waals surface area (Å²) in [7, 11) is 0. The minimum absolute atomic E-state index is 0.100. The lowest BCUT2D eigenvalue weighted by Crippen LogP contribution is -2.42. The van der Waals surface area contributed by atoms with Crippen molar-refractivity contribution in [3.05, 3.63) is 102 Å². The van der Waals surface area contributed by atoms with Crippen molar-refractivity contribution in [2.75, 3.05) is 16.8 Å². The highest BCUT2D eigenvalue weighted by atomic mass is 35.5. The number of carbonyl (C=O) groups excluding carboxylic acids is 3. The van der Waals surface area contributed by atoms with Gasteiger partial charge in [-0.15, -0.1) is 11.8 Å². The number of aromatic nitrogens is 1. The van der Waals surface area contributed by atoms with Crippen LogP contribution in [0.2, 0.25) is 10.0 Å². The van der Waals surface area contributed by atoms with Crippen LogP contribution in [0, 0.1) is 29.6 Å². The van der Waals surface area contributed by atoms with Gasteiger partial charge in [-0.05, 0) is 84.8 Å². The molecule has 2 N–H and O–H groups in total. The fourth-order valence-corrected chi connectivity index (χ4v) is 11.4. The molecule has 2 saturated carbocycles. The fourth-order valence-electron chi connectivity index (χ4n) is 8.21. The van der Waals surface area contributed by atoms with E-state index in [1.807, 2.05) is 0 Å². The van der Waals surface area contributed by atoms with Gasteiger partial charge in [0.1, 0.15) is 5.75 Å². The molecule has 3 aromatic carbocycles. The average Bonchev–Trinajstić information content (AvgIpc) is 3.80. The number of amides is 3. The zero-order chi connectivity index (χ0) is 34.4. The Morgan fingerprint density at radius 3 is 2.41 bits per heavy atom. The minimum atomic E-state index is -4.64. The fraction of sp³-hybridized carbons (Fsp3) is 0.294. The van der Waals surface area contributed by atoms with Crippen molar-refractivity contribution < 1.29 is 32.3 Å². The number of ether oxygens (including phenoxy) is 1. The molecule has 7 atom stereocenters. The number of rotatable bonds is 6. The minimum Gasteiger partial charge on any atom is -0.483 e. The van der Waals surface area contributed by atoms with Crippen LogP contribution in [0.15, 0.2) is 76.6 Å². The lowest BCUT2D eigenvalue weighted by atomic mass is 9.68. The summed E-state index contributed by atoms with van der Waals surface area (Å²) in [6.45, 7) is -0.335. The number of thioether (sulfide) groups is 1. The summed E-state index contributed by atoms with van der Waals surface area (Å²) in [5.41, 5.74) is 0.124. The Kier molecular flexibility index (Phi) is 7.89. The second-order valence-corrected chi connectivity index (χ2v) is 15.6. The number of hydrogen-bond acceptors (Lipinski definition) is 7. The molecular weight excluding hydrogens is 722 g/mol. The standard InChI is InChI=1S/C34H24Cl2F3N3O5S2/c35-15-4-7-17(8-5-15)40-23(43)13-47-22-9-6-16(36)11-19(22)24-25-20-12-21(28(25)48-30-29(24)49-33(46)41-30)27-26(20)31(44)42(32(27)45)18-3-1-2-14(10-18)34(37,38)39/h1-11,20-21,24-28H,12-13H2,(H,40,43)(H,41,46)/t20?,21?,24-,25?,26?,27?,28?/m1/s1. The van der Waals surface area contributed by atoms with Crippen LogP contribution in [0.25, 0.3) is 0 Å². The quantitative estimate of drug-likeness (QED) is 0.199. The Morgan fingerprint density at radius 1 is 0.959 bits per heavy atom. The van der Waals surface area contributed by atoms with Gasteiger partial charge in [-0.1, -0.05) is 40.6 Å². The average molecular weight is 747 g/mol. The summed E-state index contributed by atoms with van der Waals surface area (Å²) in [6.07, 6.45) is -4.07. The molecule has 4 aliphatic rings. The predicted octanol–water partition coefficient (Wildman–Crippen LogP) is 7.46. The molecule has 2 bridgehead atoms. The number of alkyl halides is 3. The first kappa shape index (κ1) is 32.4. The number of anilines is 2. The Balaban J connectivity index is 1.13. The number of thiazole rings is 1. The highest BCUT2D eigenvalue weighted by molar-refractivity contribution is 8.00.